The minimum absolute atomic E-state index is 0.0573. The van der Waals surface area contributed by atoms with Gasteiger partial charge in [-0.25, -0.2) is 4.39 Å². The third kappa shape index (κ3) is 4.18. The summed E-state index contributed by atoms with van der Waals surface area (Å²) in [4.78, 5) is 27.2. The first kappa shape index (κ1) is 18.9. The van der Waals surface area contributed by atoms with Crippen LogP contribution in [0.15, 0.2) is 60.7 Å². The van der Waals surface area contributed by atoms with Crippen molar-refractivity contribution in [3.05, 3.63) is 89.0 Å². The third-order valence-electron chi connectivity index (χ3n) is 4.93. The molecule has 2 heterocycles. The molecule has 1 aromatic heterocycles. The van der Waals surface area contributed by atoms with Gasteiger partial charge in [-0.1, -0.05) is 48.5 Å². The Hall–Kier alpha value is -3.48. The second-order valence-corrected chi connectivity index (χ2v) is 6.98. The number of aryl methyl sites for hydroxylation is 1. The van der Waals surface area contributed by atoms with Crippen LogP contribution in [0, 0.1) is 5.82 Å². The lowest BCUT2D eigenvalue weighted by atomic mass is 10.2. The van der Waals surface area contributed by atoms with Crippen LogP contribution in [0.2, 0.25) is 0 Å². The zero-order valence-corrected chi connectivity index (χ0v) is 15.8. The topological polar surface area (TPSA) is 67.2 Å². The van der Waals surface area contributed by atoms with Gasteiger partial charge in [-0.3, -0.25) is 14.3 Å². The number of rotatable bonds is 5. The molecule has 0 saturated heterocycles. The molecule has 0 unspecified atom stereocenters. The van der Waals surface area contributed by atoms with Crippen molar-refractivity contribution in [1.82, 2.24) is 20.0 Å². The minimum atomic E-state index is -0.434. The van der Waals surface area contributed by atoms with E-state index in [1.54, 1.807) is 27.8 Å². The summed E-state index contributed by atoms with van der Waals surface area (Å²) in [5.74, 6) is -0.955. The third-order valence-corrected chi connectivity index (χ3v) is 4.93. The van der Waals surface area contributed by atoms with Gasteiger partial charge < -0.3 is 10.2 Å². The van der Waals surface area contributed by atoms with Gasteiger partial charge in [-0.15, -0.1) is 0 Å². The highest BCUT2D eigenvalue weighted by Crippen LogP contribution is 2.17. The van der Waals surface area contributed by atoms with Crippen LogP contribution < -0.4 is 5.32 Å². The van der Waals surface area contributed by atoms with Crippen LogP contribution in [0.4, 0.5) is 4.39 Å². The molecule has 1 N–H and O–H groups in total. The lowest BCUT2D eigenvalue weighted by molar-refractivity contribution is 0.0745. The van der Waals surface area contributed by atoms with E-state index in [1.807, 2.05) is 30.3 Å². The molecule has 4 rings (SSSR count). The Balaban J connectivity index is 1.48. The number of benzene rings is 2. The molecule has 29 heavy (non-hydrogen) atoms. The molecule has 7 heteroatoms. The second kappa shape index (κ2) is 8.26. The molecule has 2 aromatic carbocycles. The Morgan fingerprint density at radius 2 is 1.83 bits per heavy atom. The monoisotopic (exact) mass is 392 g/mol. The molecule has 0 aliphatic carbocycles. The number of nitrogens with zero attached hydrogens (tertiary/aromatic N) is 3. The van der Waals surface area contributed by atoms with Crippen LogP contribution in [0.25, 0.3) is 0 Å². The van der Waals surface area contributed by atoms with E-state index in [9.17, 15) is 14.0 Å². The van der Waals surface area contributed by atoms with E-state index >= 15 is 0 Å². The summed E-state index contributed by atoms with van der Waals surface area (Å²) >= 11 is 0. The van der Waals surface area contributed by atoms with E-state index in [1.165, 1.54) is 12.1 Å². The van der Waals surface area contributed by atoms with E-state index in [0.717, 1.165) is 12.0 Å². The SMILES string of the molecule is O=C(NCc1ccccc1F)c1cc2n(n1)CCCN(Cc1ccccc1)C2=O. The van der Waals surface area contributed by atoms with Crippen LogP contribution in [0.1, 0.15) is 38.5 Å². The van der Waals surface area contributed by atoms with Crippen molar-refractivity contribution in [2.45, 2.75) is 26.1 Å². The number of nitrogens with one attached hydrogen (secondary N) is 1. The van der Waals surface area contributed by atoms with Crippen molar-refractivity contribution in [2.75, 3.05) is 6.54 Å². The number of halogens is 1. The van der Waals surface area contributed by atoms with Gasteiger partial charge in [0.05, 0.1) is 0 Å². The molecule has 3 aromatic rings. The number of amides is 2. The van der Waals surface area contributed by atoms with Crippen LogP contribution in [0.5, 0.6) is 0 Å². The fourth-order valence-corrected chi connectivity index (χ4v) is 3.41. The quantitative estimate of drug-likeness (QED) is 0.726. The van der Waals surface area contributed by atoms with Gasteiger partial charge in [-0.2, -0.15) is 5.10 Å². The average Bonchev–Trinajstić information content (AvgIpc) is 3.11. The molecule has 0 bridgehead atoms. The zero-order valence-electron chi connectivity index (χ0n) is 15.8. The van der Waals surface area contributed by atoms with Gasteiger partial charge >= 0.3 is 0 Å². The van der Waals surface area contributed by atoms with Crippen molar-refractivity contribution in [3.8, 4) is 0 Å². The van der Waals surface area contributed by atoms with E-state index in [2.05, 4.69) is 10.4 Å². The van der Waals surface area contributed by atoms with E-state index < -0.39 is 5.91 Å². The lowest BCUT2D eigenvalue weighted by Gasteiger charge is -2.20. The summed E-state index contributed by atoms with van der Waals surface area (Å²) in [5.41, 5.74) is 2.00. The summed E-state index contributed by atoms with van der Waals surface area (Å²) < 4.78 is 15.3. The van der Waals surface area contributed by atoms with Crippen LogP contribution in [-0.2, 0) is 19.6 Å². The Bertz CT molecular complexity index is 1030. The van der Waals surface area contributed by atoms with E-state index in [0.29, 0.717) is 30.9 Å². The Labute approximate surface area is 167 Å². The fourth-order valence-electron chi connectivity index (χ4n) is 3.41. The van der Waals surface area contributed by atoms with Crippen molar-refractivity contribution in [2.24, 2.45) is 0 Å². The minimum Gasteiger partial charge on any atom is -0.346 e. The predicted molar refractivity (Wildman–Crippen MR) is 106 cm³/mol. The van der Waals surface area contributed by atoms with Crippen LogP contribution in [0.3, 0.4) is 0 Å². The summed E-state index contributed by atoms with van der Waals surface area (Å²) in [5, 5.41) is 6.97. The average molecular weight is 392 g/mol. The highest BCUT2D eigenvalue weighted by molar-refractivity contribution is 5.98. The summed E-state index contributed by atoms with van der Waals surface area (Å²) in [6, 6.07) is 17.6. The number of hydrogen-bond acceptors (Lipinski definition) is 3. The standard InChI is InChI=1S/C22H21FN4O2/c23-18-10-5-4-9-17(18)14-24-21(28)19-13-20-22(29)26(11-6-12-27(20)25-19)15-16-7-2-1-3-8-16/h1-5,7-10,13H,6,11-12,14-15H2,(H,24,28). The van der Waals surface area contributed by atoms with Crippen LogP contribution in [-0.4, -0.2) is 33.0 Å². The van der Waals surface area contributed by atoms with Crippen LogP contribution >= 0.6 is 0 Å². The Morgan fingerprint density at radius 3 is 2.62 bits per heavy atom. The second-order valence-electron chi connectivity index (χ2n) is 6.98. The van der Waals surface area contributed by atoms with Gasteiger partial charge in [0.2, 0.25) is 0 Å². The Kier molecular flexibility index (Phi) is 5.37. The number of hydrogen-bond donors (Lipinski definition) is 1. The maximum Gasteiger partial charge on any atom is 0.272 e. The molecule has 0 spiro atoms. The largest absolute Gasteiger partial charge is 0.346 e. The summed E-state index contributed by atoms with van der Waals surface area (Å²) in [7, 11) is 0. The fraction of sp³-hybridized carbons (Fsp3) is 0.227. The smallest absolute Gasteiger partial charge is 0.272 e. The lowest BCUT2D eigenvalue weighted by Crippen LogP contribution is -2.30. The van der Waals surface area contributed by atoms with Crippen molar-refractivity contribution < 1.29 is 14.0 Å². The highest BCUT2D eigenvalue weighted by atomic mass is 19.1. The molecular weight excluding hydrogens is 371 g/mol. The predicted octanol–water partition coefficient (Wildman–Crippen LogP) is 3.00. The van der Waals surface area contributed by atoms with Gasteiger partial charge in [0, 0.05) is 37.8 Å². The van der Waals surface area contributed by atoms with E-state index in [-0.39, 0.29) is 24.0 Å². The molecule has 1 aliphatic rings. The van der Waals surface area contributed by atoms with Gasteiger partial charge in [-0.05, 0) is 18.1 Å². The maximum absolute atomic E-state index is 13.7. The molecule has 0 atom stereocenters. The Morgan fingerprint density at radius 1 is 1.07 bits per heavy atom. The van der Waals surface area contributed by atoms with Gasteiger partial charge in [0.25, 0.3) is 11.8 Å². The zero-order chi connectivity index (χ0) is 20.2. The molecule has 148 valence electrons. The number of carbonyl (C=O) groups excluding carboxylic acids is 2. The molecule has 0 fully saturated rings. The first-order chi connectivity index (χ1) is 14.1. The molecule has 2 amide bonds. The molecule has 0 radical (unpaired) electrons. The number of aromatic nitrogens is 2. The molecule has 0 saturated carbocycles. The maximum atomic E-state index is 13.7. The van der Waals surface area contributed by atoms with Gasteiger partial charge in [0.15, 0.2) is 5.69 Å². The van der Waals surface area contributed by atoms with Crippen molar-refractivity contribution in [1.29, 1.82) is 0 Å². The molecule has 6 nitrogen and oxygen atoms in total. The number of fused-ring (bicyclic) bond motifs is 1. The van der Waals surface area contributed by atoms with Crippen molar-refractivity contribution >= 4 is 11.8 Å². The van der Waals surface area contributed by atoms with E-state index in [4.69, 9.17) is 0 Å². The first-order valence-electron chi connectivity index (χ1n) is 9.54. The number of carbonyl (C=O) groups is 2. The highest BCUT2D eigenvalue weighted by Gasteiger charge is 2.26. The summed E-state index contributed by atoms with van der Waals surface area (Å²) in [6.45, 7) is 1.76. The first-order valence-corrected chi connectivity index (χ1v) is 9.54. The molecule has 1 aliphatic heterocycles. The van der Waals surface area contributed by atoms with Crippen molar-refractivity contribution in [3.63, 3.8) is 0 Å². The van der Waals surface area contributed by atoms with Gasteiger partial charge in [0.1, 0.15) is 11.5 Å². The summed E-state index contributed by atoms with van der Waals surface area (Å²) in [6.07, 6.45) is 0.754. The normalized spacial score (nSPS) is 13.7. The molecular formula is C22H21FN4O2.